The van der Waals surface area contributed by atoms with Gasteiger partial charge in [0.2, 0.25) is 0 Å². The number of methoxy groups -OCH3 is 1. The Bertz CT molecular complexity index is 530. The van der Waals surface area contributed by atoms with Crippen molar-refractivity contribution in [3.63, 3.8) is 0 Å². The van der Waals surface area contributed by atoms with Gasteiger partial charge in [-0.1, -0.05) is 60.7 Å². The maximum Gasteiger partial charge on any atom is 0.323 e. The summed E-state index contributed by atoms with van der Waals surface area (Å²) in [5.74, 6) is -0.867. The average molecular weight is 299 g/mol. The van der Waals surface area contributed by atoms with Gasteiger partial charge in [0, 0.05) is 20.2 Å². The van der Waals surface area contributed by atoms with Crippen LogP contribution in [0.25, 0.3) is 0 Å². The standard InChI is InChI=1S/C18H21NO3/c1-22-14-17(18(20)21)19(12-15-8-4-2-5-9-15)13-16-10-6-3-7-11-16/h2-11,17H,12-14H2,1H3,(H,20,21)/t17-/m1/s1. The van der Waals surface area contributed by atoms with Crippen molar-refractivity contribution in [2.24, 2.45) is 0 Å². The molecule has 2 aromatic carbocycles. The van der Waals surface area contributed by atoms with Crippen molar-refractivity contribution in [3.8, 4) is 0 Å². The Morgan fingerprint density at radius 2 is 1.45 bits per heavy atom. The molecule has 0 saturated carbocycles. The minimum absolute atomic E-state index is 0.162. The topological polar surface area (TPSA) is 49.8 Å². The first-order valence-electron chi connectivity index (χ1n) is 7.24. The number of hydrogen-bond donors (Lipinski definition) is 1. The van der Waals surface area contributed by atoms with Crippen molar-refractivity contribution in [2.75, 3.05) is 13.7 Å². The zero-order chi connectivity index (χ0) is 15.8. The molecule has 116 valence electrons. The van der Waals surface area contributed by atoms with E-state index in [1.807, 2.05) is 65.6 Å². The van der Waals surface area contributed by atoms with Crippen LogP contribution in [0.3, 0.4) is 0 Å². The van der Waals surface area contributed by atoms with E-state index in [9.17, 15) is 9.90 Å². The van der Waals surface area contributed by atoms with Gasteiger partial charge in [-0.25, -0.2) is 0 Å². The Labute approximate surface area is 131 Å². The van der Waals surface area contributed by atoms with Gasteiger partial charge in [0.15, 0.2) is 0 Å². The predicted molar refractivity (Wildman–Crippen MR) is 85.4 cm³/mol. The maximum absolute atomic E-state index is 11.6. The van der Waals surface area contributed by atoms with Crippen LogP contribution in [0.5, 0.6) is 0 Å². The molecule has 0 bridgehead atoms. The highest BCUT2D eigenvalue weighted by Crippen LogP contribution is 2.14. The van der Waals surface area contributed by atoms with Gasteiger partial charge >= 0.3 is 5.97 Å². The van der Waals surface area contributed by atoms with E-state index >= 15 is 0 Å². The lowest BCUT2D eigenvalue weighted by molar-refractivity contribution is -0.146. The molecule has 0 spiro atoms. The summed E-state index contributed by atoms with van der Waals surface area (Å²) in [6, 6.07) is 19.1. The fraction of sp³-hybridized carbons (Fsp3) is 0.278. The van der Waals surface area contributed by atoms with Gasteiger partial charge in [0.25, 0.3) is 0 Å². The first-order valence-corrected chi connectivity index (χ1v) is 7.24. The molecule has 2 rings (SSSR count). The molecule has 0 fully saturated rings. The van der Waals surface area contributed by atoms with Gasteiger partial charge in [-0.05, 0) is 11.1 Å². The van der Waals surface area contributed by atoms with Gasteiger partial charge in [-0.2, -0.15) is 0 Å². The lowest BCUT2D eigenvalue weighted by atomic mass is 10.1. The van der Waals surface area contributed by atoms with Crippen molar-refractivity contribution in [2.45, 2.75) is 19.1 Å². The Kier molecular flexibility index (Phi) is 6.13. The lowest BCUT2D eigenvalue weighted by Crippen LogP contribution is -2.43. The first-order chi connectivity index (χ1) is 10.7. The van der Waals surface area contributed by atoms with Crippen LogP contribution in [0.4, 0.5) is 0 Å². The zero-order valence-electron chi connectivity index (χ0n) is 12.7. The van der Waals surface area contributed by atoms with Crippen LogP contribution in [-0.2, 0) is 22.6 Å². The van der Waals surface area contributed by atoms with Crippen LogP contribution in [0.15, 0.2) is 60.7 Å². The van der Waals surface area contributed by atoms with Gasteiger partial charge < -0.3 is 9.84 Å². The van der Waals surface area contributed by atoms with E-state index < -0.39 is 12.0 Å². The zero-order valence-corrected chi connectivity index (χ0v) is 12.7. The molecule has 2 aromatic rings. The fourth-order valence-corrected chi connectivity index (χ4v) is 2.40. The number of carboxylic acid groups (broad SMARTS) is 1. The van der Waals surface area contributed by atoms with Gasteiger partial charge in [-0.3, -0.25) is 9.69 Å². The van der Waals surface area contributed by atoms with Crippen LogP contribution in [-0.4, -0.2) is 35.7 Å². The summed E-state index contributed by atoms with van der Waals surface area (Å²) in [5, 5.41) is 9.51. The van der Waals surface area contributed by atoms with Gasteiger partial charge in [0.1, 0.15) is 6.04 Å². The second kappa shape index (κ2) is 8.32. The van der Waals surface area contributed by atoms with Crippen LogP contribution in [0.1, 0.15) is 11.1 Å². The number of benzene rings is 2. The number of carbonyl (C=O) groups is 1. The number of nitrogens with zero attached hydrogens (tertiary/aromatic N) is 1. The molecule has 0 aliphatic carbocycles. The normalized spacial score (nSPS) is 12.3. The van der Waals surface area contributed by atoms with E-state index in [0.717, 1.165) is 11.1 Å². The van der Waals surface area contributed by atoms with Crippen LogP contribution < -0.4 is 0 Å². The molecule has 0 radical (unpaired) electrons. The van der Waals surface area contributed by atoms with Gasteiger partial charge in [0.05, 0.1) is 6.61 Å². The quantitative estimate of drug-likeness (QED) is 0.814. The molecular weight excluding hydrogens is 278 g/mol. The Morgan fingerprint density at radius 3 is 1.82 bits per heavy atom. The predicted octanol–water partition coefficient (Wildman–Crippen LogP) is 2.79. The van der Waals surface area contributed by atoms with Crippen molar-refractivity contribution in [1.82, 2.24) is 4.90 Å². The summed E-state index contributed by atoms with van der Waals surface area (Å²) in [4.78, 5) is 13.5. The summed E-state index contributed by atoms with van der Waals surface area (Å²) in [5.41, 5.74) is 2.17. The second-order valence-electron chi connectivity index (χ2n) is 5.19. The molecule has 4 nitrogen and oxygen atoms in total. The van der Waals surface area contributed by atoms with E-state index in [4.69, 9.17) is 4.74 Å². The van der Waals surface area contributed by atoms with Crippen molar-refractivity contribution in [1.29, 1.82) is 0 Å². The van der Waals surface area contributed by atoms with Crippen LogP contribution in [0, 0.1) is 0 Å². The molecular formula is C18H21NO3. The number of rotatable bonds is 8. The number of aliphatic carboxylic acids is 1. The van der Waals surface area contributed by atoms with Crippen LogP contribution >= 0.6 is 0 Å². The fourth-order valence-electron chi connectivity index (χ4n) is 2.40. The molecule has 0 aromatic heterocycles. The first kappa shape index (κ1) is 16.2. The molecule has 0 aliphatic rings. The number of ether oxygens (including phenoxy) is 1. The highest BCUT2D eigenvalue weighted by molar-refractivity contribution is 5.73. The number of hydrogen-bond acceptors (Lipinski definition) is 3. The monoisotopic (exact) mass is 299 g/mol. The van der Waals surface area contributed by atoms with Crippen LogP contribution in [0.2, 0.25) is 0 Å². The molecule has 22 heavy (non-hydrogen) atoms. The molecule has 0 amide bonds. The minimum Gasteiger partial charge on any atom is -0.480 e. The van der Waals surface area contributed by atoms with Crippen molar-refractivity contribution in [3.05, 3.63) is 71.8 Å². The summed E-state index contributed by atoms with van der Waals surface area (Å²) < 4.78 is 5.10. The molecule has 0 aliphatic heterocycles. The average Bonchev–Trinajstić information content (AvgIpc) is 2.54. The third-order valence-electron chi connectivity index (χ3n) is 3.51. The third-order valence-corrected chi connectivity index (χ3v) is 3.51. The molecule has 0 saturated heterocycles. The van der Waals surface area contributed by atoms with E-state index in [1.54, 1.807) is 0 Å². The SMILES string of the molecule is COC[C@H](C(=O)O)N(Cc1ccccc1)Cc1ccccc1. The smallest absolute Gasteiger partial charge is 0.323 e. The molecule has 0 heterocycles. The highest BCUT2D eigenvalue weighted by atomic mass is 16.5. The van der Waals surface area contributed by atoms with Crippen molar-refractivity contribution >= 4 is 5.97 Å². The maximum atomic E-state index is 11.6. The van der Waals surface area contributed by atoms with E-state index in [2.05, 4.69) is 0 Å². The summed E-state index contributed by atoms with van der Waals surface area (Å²) in [7, 11) is 1.53. The summed E-state index contributed by atoms with van der Waals surface area (Å²) in [6.07, 6.45) is 0. The lowest BCUT2D eigenvalue weighted by Gasteiger charge is -2.28. The Morgan fingerprint density at radius 1 is 1.00 bits per heavy atom. The van der Waals surface area contributed by atoms with Gasteiger partial charge in [-0.15, -0.1) is 0 Å². The molecule has 4 heteroatoms. The Hall–Kier alpha value is -2.17. The third kappa shape index (κ3) is 4.69. The van der Waals surface area contributed by atoms with E-state index in [1.165, 1.54) is 7.11 Å². The van der Waals surface area contributed by atoms with E-state index in [-0.39, 0.29) is 6.61 Å². The number of carboxylic acids is 1. The summed E-state index contributed by atoms with van der Waals surface area (Å²) in [6.45, 7) is 1.29. The Balaban J connectivity index is 2.20. The molecule has 0 unspecified atom stereocenters. The summed E-state index contributed by atoms with van der Waals surface area (Å²) >= 11 is 0. The molecule has 1 N–H and O–H groups in total. The second-order valence-corrected chi connectivity index (χ2v) is 5.19. The largest absolute Gasteiger partial charge is 0.480 e. The molecule has 1 atom stereocenters. The highest BCUT2D eigenvalue weighted by Gasteiger charge is 2.25. The minimum atomic E-state index is -0.867. The van der Waals surface area contributed by atoms with E-state index in [0.29, 0.717) is 13.1 Å². The van der Waals surface area contributed by atoms with Crippen molar-refractivity contribution < 1.29 is 14.6 Å².